The molecule has 29 heavy (non-hydrogen) atoms. The first-order valence-electron chi connectivity index (χ1n) is 8.47. The van der Waals surface area contributed by atoms with Crippen molar-refractivity contribution in [2.24, 2.45) is 0 Å². The summed E-state index contributed by atoms with van der Waals surface area (Å²) in [6.07, 6.45) is 1.26. The van der Waals surface area contributed by atoms with Gasteiger partial charge in [0.05, 0.1) is 0 Å². The number of ether oxygens (including phenoxy) is 1. The van der Waals surface area contributed by atoms with E-state index in [9.17, 15) is 23.5 Å². The maximum atomic E-state index is 13.7. The molecule has 0 aromatic heterocycles. The molecule has 7 heteroatoms. The Morgan fingerprint density at radius 1 is 0.862 bits per heavy atom. The molecule has 0 bridgehead atoms. The van der Waals surface area contributed by atoms with E-state index in [-0.39, 0.29) is 11.4 Å². The zero-order valence-electron chi connectivity index (χ0n) is 14.9. The molecule has 0 aliphatic rings. The number of nitrogens with one attached hydrogen (secondary N) is 1. The first-order chi connectivity index (χ1) is 13.9. The number of carboxylic acids is 1. The first kappa shape index (κ1) is 19.8. The Bertz CT molecular complexity index is 1040. The van der Waals surface area contributed by atoms with Gasteiger partial charge in [0.25, 0.3) is 5.91 Å². The van der Waals surface area contributed by atoms with E-state index in [1.54, 1.807) is 30.3 Å². The number of carbonyl (C=O) groups is 2. The largest absolute Gasteiger partial charge is 0.477 e. The zero-order chi connectivity index (χ0) is 20.8. The summed E-state index contributed by atoms with van der Waals surface area (Å²) in [6.45, 7) is 0. The van der Waals surface area contributed by atoms with Gasteiger partial charge < -0.3 is 15.2 Å². The van der Waals surface area contributed by atoms with Crippen LogP contribution in [-0.2, 0) is 4.79 Å². The van der Waals surface area contributed by atoms with Gasteiger partial charge >= 0.3 is 5.97 Å². The molecule has 3 aromatic rings. The first-order valence-corrected chi connectivity index (χ1v) is 8.47. The van der Waals surface area contributed by atoms with Gasteiger partial charge in [0, 0.05) is 5.56 Å². The maximum Gasteiger partial charge on any atom is 0.352 e. The SMILES string of the molecule is O=C(O)C(=Cc1ccc(Oc2c(F)cccc2F)cc1)NC(=O)c1ccccc1. The van der Waals surface area contributed by atoms with Crippen molar-refractivity contribution in [3.8, 4) is 11.5 Å². The molecule has 0 saturated carbocycles. The molecule has 0 spiro atoms. The number of para-hydroxylation sites is 1. The van der Waals surface area contributed by atoms with E-state index < -0.39 is 29.3 Å². The minimum absolute atomic E-state index is 0.163. The lowest BCUT2D eigenvalue weighted by Crippen LogP contribution is -2.27. The van der Waals surface area contributed by atoms with Crippen LogP contribution in [-0.4, -0.2) is 17.0 Å². The molecule has 0 radical (unpaired) electrons. The van der Waals surface area contributed by atoms with Gasteiger partial charge in [-0.2, -0.15) is 0 Å². The van der Waals surface area contributed by atoms with Gasteiger partial charge in [-0.3, -0.25) is 4.79 Å². The van der Waals surface area contributed by atoms with Crippen LogP contribution in [0.15, 0.2) is 78.5 Å². The Labute approximate surface area is 164 Å². The Morgan fingerprint density at radius 2 is 1.48 bits per heavy atom. The number of carboxylic acid groups (broad SMARTS) is 1. The van der Waals surface area contributed by atoms with Crippen molar-refractivity contribution < 1.29 is 28.2 Å². The van der Waals surface area contributed by atoms with Crippen molar-refractivity contribution >= 4 is 18.0 Å². The van der Waals surface area contributed by atoms with Gasteiger partial charge in [-0.05, 0) is 48.0 Å². The van der Waals surface area contributed by atoms with Crippen LogP contribution in [0.3, 0.4) is 0 Å². The summed E-state index contributed by atoms with van der Waals surface area (Å²) >= 11 is 0. The van der Waals surface area contributed by atoms with E-state index in [0.717, 1.165) is 12.1 Å². The quantitative estimate of drug-likeness (QED) is 0.598. The predicted octanol–water partition coefficient (Wildman–Crippen LogP) is 4.61. The Morgan fingerprint density at radius 3 is 2.07 bits per heavy atom. The van der Waals surface area contributed by atoms with E-state index >= 15 is 0 Å². The van der Waals surface area contributed by atoms with Gasteiger partial charge in [-0.1, -0.05) is 36.4 Å². The summed E-state index contributed by atoms with van der Waals surface area (Å²) in [5.41, 5.74) is 0.431. The van der Waals surface area contributed by atoms with E-state index in [1.165, 1.54) is 36.4 Å². The van der Waals surface area contributed by atoms with Crippen molar-refractivity contribution in [1.29, 1.82) is 0 Å². The summed E-state index contributed by atoms with van der Waals surface area (Å²) in [5, 5.41) is 11.7. The molecular formula is C22H15F2NO4. The summed E-state index contributed by atoms with van der Waals surface area (Å²) in [5.74, 6) is -3.93. The van der Waals surface area contributed by atoms with Crippen LogP contribution in [0.5, 0.6) is 11.5 Å². The number of hydrogen-bond acceptors (Lipinski definition) is 3. The third-order valence-corrected chi connectivity index (χ3v) is 3.84. The molecule has 5 nitrogen and oxygen atoms in total. The number of rotatable bonds is 6. The second kappa shape index (κ2) is 8.79. The molecule has 1 amide bonds. The Balaban J connectivity index is 1.77. The summed E-state index contributed by atoms with van der Waals surface area (Å²) in [6, 6.07) is 17.4. The standard InChI is InChI=1S/C22H15F2NO4/c23-17-7-4-8-18(24)20(17)29-16-11-9-14(10-12-16)13-19(22(27)28)25-21(26)15-5-2-1-3-6-15/h1-13H,(H,25,26)(H,27,28). The molecule has 2 N–H and O–H groups in total. The average Bonchev–Trinajstić information content (AvgIpc) is 2.72. The fourth-order valence-corrected chi connectivity index (χ4v) is 2.43. The normalized spacial score (nSPS) is 11.0. The number of benzene rings is 3. The zero-order valence-corrected chi connectivity index (χ0v) is 14.9. The summed E-state index contributed by atoms with van der Waals surface area (Å²) < 4.78 is 32.5. The van der Waals surface area contributed by atoms with Gasteiger partial charge in [0.15, 0.2) is 17.4 Å². The molecule has 0 atom stereocenters. The maximum absolute atomic E-state index is 13.7. The Hall–Kier alpha value is -4.00. The smallest absolute Gasteiger partial charge is 0.352 e. The molecule has 0 aliphatic heterocycles. The topological polar surface area (TPSA) is 75.6 Å². The van der Waals surface area contributed by atoms with Gasteiger partial charge in [0.1, 0.15) is 11.4 Å². The third-order valence-electron chi connectivity index (χ3n) is 3.84. The number of hydrogen-bond donors (Lipinski definition) is 2. The molecule has 3 rings (SSSR count). The van der Waals surface area contributed by atoms with Crippen LogP contribution in [0.2, 0.25) is 0 Å². The molecule has 3 aromatic carbocycles. The van der Waals surface area contributed by atoms with Crippen LogP contribution in [0, 0.1) is 11.6 Å². The minimum atomic E-state index is -1.32. The number of carbonyl (C=O) groups excluding carboxylic acids is 1. The highest BCUT2D eigenvalue weighted by Gasteiger charge is 2.14. The highest BCUT2D eigenvalue weighted by molar-refractivity contribution is 6.02. The van der Waals surface area contributed by atoms with Gasteiger partial charge in [-0.25, -0.2) is 13.6 Å². The lowest BCUT2D eigenvalue weighted by Gasteiger charge is -2.09. The molecule has 146 valence electrons. The van der Waals surface area contributed by atoms with Crippen molar-refractivity contribution in [2.75, 3.05) is 0 Å². The van der Waals surface area contributed by atoms with E-state index in [4.69, 9.17) is 4.74 Å². The number of aliphatic carboxylic acids is 1. The summed E-state index contributed by atoms with van der Waals surface area (Å²) in [4.78, 5) is 23.6. The van der Waals surface area contributed by atoms with Crippen LogP contribution < -0.4 is 10.1 Å². The monoisotopic (exact) mass is 395 g/mol. The van der Waals surface area contributed by atoms with Crippen LogP contribution in [0.4, 0.5) is 8.78 Å². The molecule has 0 unspecified atom stereocenters. The second-order valence-corrected chi connectivity index (χ2v) is 5.91. The lowest BCUT2D eigenvalue weighted by molar-refractivity contribution is -0.132. The third kappa shape index (κ3) is 5.04. The lowest BCUT2D eigenvalue weighted by atomic mass is 10.1. The average molecular weight is 395 g/mol. The molecular weight excluding hydrogens is 380 g/mol. The predicted molar refractivity (Wildman–Crippen MR) is 102 cm³/mol. The molecule has 0 aliphatic carbocycles. The number of amides is 1. The second-order valence-electron chi connectivity index (χ2n) is 5.91. The fourth-order valence-electron chi connectivity index (χ4n) is 2.43. The van der Waals surface area contributed by atoms with Crippen LogP contribution in [0.25, 0.3) is 6.08 Å². The fraction of sp³-hybridized carbons (Fsp3) is 0. The van der Waals surface area contributed by atoms with Crippen LogP contribution in [0.1, 0.15) is 15.9 Å². The van der Waals surface area contributed by atoms with Crippen molar-refractivity contribution in [3.63, 3.8) is 0 Å². The number of halogens is 2. The molecule has 0 heterocycles. The molecule has 0 saturated heterocycles. The summed E-state index contributed by atoms with van der Waals surface area (Å²) in [7, 11) is 0. The van der Waals surface area contributed by atoms with E-state index in [1.807, 2.05) is 0 Å². The molecule has 0 fully saturated rings. The highest BCUT2D eigenvalue weighted by Crippen LogP contribution is 2.27. The van der Waals surface area contributed by atoms with Crippen LogP contribution >= 0.6 is 0 Å². The van der Waals surface area contributed by atoms with E-state index in [0.29, 0.717) is 11.1 Å². The van der Waals surface area contributed by atoms with Crippen molar-refractivity contribution in [1.82, 2.24) is 5.32 Å². The minimum Gasteiger partial charge on any atom is -0.477 e. The van der Waals surface area contributed by atoms with Gasteiger partial charge in [0.2, 0.25) is 0 Å². The highest BCUT2D eigenvalue weighted by atomic mass is 19.1. The van der Waals surface area contributed by atoms with Gasteiger partial charge in [-0.15, -0.1) is 0 Å². The van der Waals surface area contributed by atoms with Crippen molar-refractivity contribution in [3.05, 3.63) is 101 Å². The van der Waals surface area contributed by atoms with E-state index in [2.05, 4.69) is 5.32 Å². The van der Waals surface area contributed by atoms with Crippen molar-refractivity contribution in [2.45, 2.75) is 0 Å². The Kier molecular flexibility index (Phi) is 5.99.